The van der Waals surface area contributed by atoms with Crippen LogP contribution in [0.25, 0.3) is 0 Å². The fraction of sp³-hybridized carbons (Fsp3) is 0.353. The second kappa shape index (κ2) is 7.74. The van der Waals surface area contributed by atoms with E-state index < -0.39 is 17.3 Å². The lowest BCUT2D eigenvalue weighted by molar-refractivity contribution is -0.143. The molecule has 1 unspecified atom stereocenters. The minimum atomic E-state index is -1.20. The van der Waals surface area contributed by atoms with Gasteiger partial charge in [0.05, 0.1) is 0 Å². The van der Waals surface area contributed by atoms with E-state index >= 15 is 0 Å². The highest BCUT2D eigenvalue weighted by Gasteiger charge is 2.39. The summed E-state index contributed by atoms with van der Waals surface area (Å²) in [7, 11) is 1.50. The van der Waals surface area contributed by atoms with Crippen LogP contribution in [0.2, 0.25) is 0 Å². The lowest BCUT2D eigenvalue weighted by atomic mass is 9.78. The Balaban J connectivity index is 2.15. The number of carboxylic acid groups (broad SMARTS) is 1. The molecule has 2 rings (SSSR count). The van der Waals surface area contributed by atoms with Crippen molar-refractivity contribution in [2.24, 2.45) is 0 Å². The van der Waals surface area contributed by atoms with Crippen LogP contribution >= 0.6 is 0 Å². The molecule has 0 aliphatic carbocycles. The van der Waals surface area contributed by atoms with E-state index in [2.05, 4.69) is 10.5 Å². The number of hydrogen-bond donors (Lipinski definition) is 2. The molecule has 0 fully saturated rings. The van der Waals surface area contributed by atoms with Gasteiger partial charge in [0.25, 0.3) is 5.91 Å². The zero-order chi connectivity index (χ0) is 17.6. The van der Waals surface area contributed by atoms with Crippen LogP contribution in [0, 0.1) is 0 Å². The van der Waals surface area contributed by atoms with Gasteiger partial charge in [0, 0.05) is 19.7 Å². The van der Waals surface area contributed by atoms with Crippen molar-refractivity contribution in [2.45, 2.75) is 25.4 Å². The Bertz CT molecular complexity index is 698. The van der Waals surface area contributed by atoms with Gasteiger partial charge < -0.3 is 19.7 Å². The van der Waals surface area contributed by atoms with Gasteiger partial charge in [-0.2, -0.15) is 0 Å². The Morgan fingerprint density at radius 1 is 1.33 bits per heavy atom. The largest absolute Gasteiger partial charge is 0.481 e. The van der Waals surface area contributed by atoms with Crippen LogP contribution in [0.1, 0.15) is 35.2 Å². The molecule has 24 heavy (non-hydrogen) atoms. The molecule has 2 N–H and O–H groups in total. The van der Waals surface area contributed by atoms with E-state index in [1.165, 1.54) is 13.2 Å². The lowest BCUT2D eigenvalue weighted by Gasteiger charge is -2.28. The van der Waals surface area contributed by atoms with Crippen molar-refractivity contribution < 1.29 is 24.0 Å². The van der Waals surface area contributed by atoms with Crippen molar-refractivity contribution in [3.05, 3.63) is 53.4 Å². The summed E-state index contributed by atoms with van der Waals surface area (Å²) < 4.78 is 9.86. The molecule has 0 saturated carbocycles. The van der Waals surface area contributed by atoms with Crippen LogP contribution in [0.4, 0.5) is 0 Å². The van der Waals surface area contributed by atoms with Gasteiger partial charge in [0.1, 0.15) is 12.0 Å². The maximum atomic E-state index is 12.2. The maximum absolute atomic E-state index is 12.2. The Kier molecular flexibility index (Phi) is 5.70. The van der Waals surface area contributed by atoms with E-state index in [4.69, 9.17) is 9.26 Å². The van der Waals surface area contributed by atoms with Crippen molar-refractivity contribution in [2.75, 3.05) is 13.7 Å². The van der Waals surface area contributed by atoms with Crippen molar-refractivity contribution in [1.29, 1.82) is 0 Å². The molecule has 128 valence electrons. The Labute approximate surface area is 139 Å². The first-order valence-corrected chi connectivity index (χ1v) is 7.55. The van der Waals surface area contributed by atoms with Gasteiger partial charge in [-0.1, -0.05) is 42.4 Å². The molecule has 1 aromatic carbocycles. The van der Waals surface area contributed by atoms with Gasteiger partial charge in [0.15, 0.2) is 11.5 Å². The number of nitrogens with zero attached hydrogens (tertiary/aromatic N) is 1. The van der Waals surface area contributed by atoms with E-state index in [0.29, 0.717) is 17.7 Å². The molecule has 1 amide bonds. The second-order valence-electron chi connectivity index (χ2n) is 5.40. The summed E-state index contributed by atoms with van der Waals surface area (Å²) in [5.74, 6) is -1.06. The summed E-state index contributed by atoms with van der Waals surface area (Å²) in [5, 5.41) is 16.0. The standard InChI is InChI=1S/C17H20N2O5/c1-3-17(16(21)22,12-7-5-4-6-8-12)11-18-15(20)14-9-13(10-23-2)24-19-14/h4-9H,3,10-11H2,1-2H3,(H,18,20)(H,21,22). The average molecular weight is 332 g/mol. The second-order valence-corrected chi connectivity index (χ2v) is 5.40. The predicted octanol–water partition coefficient (Wildman–Crippen LogP) is 1.98. The fourth-order valence-corrected chi connectivity index (χ4v) is 2.49. The number of aromatic nitrogens is 1. The number of amides is 1. The molecule has 0 spiro atoms. The summed E-state index contributed by atoms with van der Waals surface area (Å²) in [5.41, 5.74) is -0.471. The molecule has 7 heteroatoms. The molecule has 1 aromatic heterocycles. The number of carbonyl (C=O) groups excluding carboxylic acids is 1. The minimum Gasteiger partial charge on any atom is -0.481 e. The number of hydrogen-bond acceptors (Lipinski definition) is 5. The molecule has 1 atom stereocenters. The van der Waals surface area contributed by atoms with Gasteiger partial charge in [-0.15, -0.1) is 0 Å². The average Bonchev–Trinajstić information content (AvgIpc) is 3.05. The molecule has 0 radical (unpaired) electrons. The van der Waals surface area contributed by atoms with Gasteiger partial charge in [-0.25, -0.2) is 0 Å². The smallest absolute Gasteiger partial charge is 0.315 e. The van der Waals surface area contributed by atoms with Crippen molar-refractivity contribution in [3.8, 4) is 0 Å². The van der Waals surface area contributed by atoms with E-state index in [1.54, 1.807) is 31.2 Å². The fourth-order valence-electron chi connectivity index (χ4n) is 2.49. The van der Waals surface area contributed by atoms with Gasteiger partial charge in [-0.3, -0.25) is 9.59 Å². The third-order valence-electron chi connectivity index (χ3n) is 3.97. The molecule has 0 aliphatic rings. The third kappa shape index (κ3) is 3.62. The van der Waals surface area contributed by atoms with E-state index in [1.807, 2.05) is 6.07 Å². The number of aliphatic carboxylic acids is 1. The van der Waals surface area contributed by atoms with Crippen LogP contribution in [0.3, 0.4) is 0 Å². The molecule has 1 heterocycles. The van der Waals surface area contributed by atoms with Crippen LogP contribution in [-0.4, -0.2) is 35.8 Å². The highest BCUT2D eigenvalue weighted by atomic mass is 16.5. The summed E-state index contributed by atoms with van der Waals surface area (Å²) in [6.45, 7) is 1.94. The van der Waals surface area contributed by atoms with Crippen molar-refractivity contribution in [3.63, 3.8) is 0 Å². The molecule has 0 saturated heterocycles. The molecule has 0 aliphatic heterocycles. The number of carboxylic acids is 1. The van der Waals surface area contributed by atoms with Crippen molar-refractivity contribution >= 4 is 11.9 Å². The van der Waals surface area contributed by atoms with Crippen LogP contribution in [0.5, 0.6) is 0 Å². The van der Waals surface area contributed by atoms with Gasteiger partial charge in [0.2, 0.25) is 0 Å². The van der Waals surface area contributed by atoms with Crippen LogP contribution in [-0.2, 0) is 21.6 Å². The number of methoxy groups -OCH3 is 1. The van der Waals surface area contributed by atoms with Crippen LogP contribution in [0.15, 0.2) is 40.9 Å². The topological polar surface area (TPSA) is 102 Å². The first kappa shape index (κ1) is 17.7. The van der Waals surface area contributed by atoms with E-state index in [-0.39, 0.29) is 18.8 Å². The lowest BCUT2D eigenvalue weighted by Crippen LogP contribution is -2.46. The zero-order valence-corrected chi connectivity index (χ0v) is 13.6. The third-order valence-corrected chi connectivity index (χ3v) is 3.97. The summed E-state index contributed by atoms with van der Waals surface area (Å²) in [6, 6.07) is 10.3. The molecular formula is C17H20N2O5. The number of carbonyl (C=O) groups is 2. The minimum absolute atomic E-state index is 0.0475. The monoisotopic (exact) mass is 332 g/mol. The number of ether oxygens (including phenoxy) is 1. The Morgan fingerprint density at radius 3 is 2.62 bits per heavy atom. The van der Waals surface area contributed by atoms with E-state index in [9.17, 15) is 14.7 Å². The Hall–Kier alpha value is -2.67. The van der Waals surface area contributed by atoms with Crippen molar-refractivity contribution in [1.82, 2.24) is 10.5 Å². The molecular weight excluding hydrogens is 312 g/mol. The quantitative estimate of drug-likeness (QED) is 0.766. The van der Waals surface area contributed by atoms with Gasteiger partial charge in [-0.05, 0) is 12.0 Å². The maximum Gasteiger partial charge on any atom is 0.315 e. The number of rotatable bonds is 8. The summed E-state index contributed by atoms with van der Waals surface area (Å²) in [4.78, 5) is 24.1. The van der Waals surface area contributed by atoms with Crippen LogP contribution < -0.4 is 5.32 Å². The number of nitrogens with one attached hydrogen (secondary N) is 1. The zero-order valence-electron chi connectivity index (χ0n) is 13.6. The highest BCUT2D eigenvalue weighted by molar-refractivity contribution is 5.93. The molecule has 2 aromatic rings. The highest BCUT2D eigenvalue weighted by Crippen LogP contribution is 2.28. The molecule has 0 bridgehead atoms. The Morgan fingerprint density at radius 2 is 2.04 bits per heavy atom. The first-order chi connectivity index (χ1) is 11.5. The summed E-state index contributed by atoms with van der Waals surface area (Å²) >= 11 is 0. The first-order valence-electron chi connectivity index (χ1n) is 7.55. The molecule has 7 nitrogen and oxygen atoms in total. The predicted molar refractivity (Wildman–Crippen MR) is 85.6 cm³/mol. The summed E-state index contributed by atoms with van der Waals surface area (Å²) in [6.07, 6.45) is 0.334. The van der Waals surface area contributed by atoms with E-state index in [0.717, 1.165) is 0 Å². The number of benzene rings is 1. The normalized spacial score (nSPS) is 13.2. The SMILES string of the molecule is CCC(CNC(=O)c1cc(COC)on1)(C(=O)O)c1ccccc1. The van der Waals surface area contributed by atoms with Gasteiger partial charge >= 0.3 is 5.97 Å².